The second kappa shape index (κ2) is 4.44. The first kappa shape index (κ1) is 12.0. The van der Waals surface area contributed by atoms with Gasteiger partial charge >= 0.3 is 5.69 Å². The summed E-state index contributed by atoms with van der Waals surface area (Å²) in [7, 11) is 0. The van der Waals surface area contributed by atoms with Crippen molar-refractivity contribution < 1.29 is 8.78 Å². The summed E-state index contributed by atoms with van der Waals surface area (Å²) in [6, 6.07) is 2.91. The van der Waals surface area contributed by atoms with Crippen molar-refractivity contribution in [2.24, 2.45) is 0 Å². The van der Waals surface area contributed by atoms with Gasteiger partial charge in [-0.05, 0) is 18.2 Å². The third-order valence-corrected chi connectivity index (χ3v) is 2.39. The van der Waals surface area contributed by atoms with Crippen molar-refractivity contribution in [3.05, 3.63) is 62.4 Å². The lowest BCUT2D eigenvalue weighted by atomic mass is 10.2. The van der Waals surface area contributed by atoms with E-state index in [0.717, 1.165) is 29.0 Å². The van der Waals surface area contributed by atoms with Gasteiger partial charge in [-0.25, -0.2) is 13.6 Å². The van der Waals surface area contributed by atoms with Gasteiger partial charge in [-0.3, -0.25) is 14.3 Å². The Balaban J connectivity index is 2.46. The molecule has 0 saturated heterocycles. The number of benzene rings is 1. The Morgan fingerprint density at radius 3 is 2.72 bits per heavy atom. The van der Waals surface area contributed by atoms with Crippen LogP contribution in [0.25, 0.3) is 0 Å². The number of nitrogens with one attached hydrogen (secondary N) is 1. The highest BCUT2D eigenvalue weighted by molar-refractivity contribution is 5.30. The Morgan fingerprint density at radius 2 is 2.00 bits per heavy atom. The Morgan fingerprint density at radius 1 is 1.28 bits per heavy atom. The zero-order chi connectivity index (χ0) is 13.3. The van der Waals surface area contributed by atoms with Crippen LogP contribution in [0.4, 0.5) is 14.5 Å². The molecule has 0 bridgehead atoms. The van der Waals surface area contributed by atoms with E-state index < -0.39 is 22.9 Å². The standard InChI is InChI=1S/C11H9F2N3O2/c12-7-1-2-8(13)6(3-7)4-16-5-9(14)10(17)15-11(16)18/h1-3,5H,4,14H2,(H,15,17,18). The fourth-order valence-electron chi connectivity index (χ4n) is 1.49. The zero-order valence-electron chi connectivity index (χ0n) is 9.11. The van der Waals surface area contributed by atoms with Crippen molar-refractivity contribution in [2.75, 3.05) is 5.73 Å². The van der Waals surface area contributed by atoms with Crippen molar-refractivity contribution in [2.45, 2.75) is 6.54 Å². The minimum absolute atomic E-state index is 0.0106. The molecule has 18 heavy (non-hydrogen) atoms. The largest absolute Gasteiger partial charge is 0.393 e. The Bertz CT molecular complexity index is 706. The number of halogens is 2. The van der Waals surface area contributed by atoms with Gasteiger partial charge in [0.2, 0.25) is 0 Å². The van der Waals surface area contributed by atoms with Crippen LogP contribution in [0.2, 0.25) is 0 Å². The summed E-state index contributed by atoms with van der Waals surface area (Å²) in [4.78, 5) is 24.4. The Kier molecular flexibility index (Phi) is 2.97. The molecule has 0 amide bonds. The molecular formula is C11H9F2N3O2. The van der Waals surface area contributed by atoms with Crippen LogP contribution in [0.5, 0.6) is 0 Å². The highest BCUT2D eigenvalue weighted by atomic mass is 19.1. The van der Waals surface area contributed by atoms with Crippen molar-refractivity contribution >= 4 is 5.69 Å². The lowest BCUT2D eigenvalue weighted by molar-refractivity contribution is 0.572. The first-order valence-corrected chi connectivity index (χ1v) is 5.00. The van der Waals surface area contributed by atoms with E-state index >= 15 is 0 Å². The first-order valence-electron chi connectivity index (χ1n) is 5.00. The molecule has 0 saturated carbocycles. The highest BCUT2D eigenvalue weighted by Gasteiger charge is 2.07. The van der Waals surface area contributed by atoms with E-state index in [1.165, 1.54) is 0 Å². The van der Waals surface area contributed by atoms with Crippen LogP contribution in [0, 0.1) is 11.6 Å². The number of aromatic amines is 1. The van der Waals surface area contributed by atoms with Gasteiger partial charge in [-0.15, -0.1) is 0 Å². The molecule has 1 aromatic heterocycles. The Hall–Kier alpha value is -2.44. The molecule has 1 heterocycles. The molecule has 0 atom stereocenters. The number of aromatic nitrogens is 2. The minimum atomic E-state index is -0.738. The average Bonchev–Trinajstić information content (AvgIpc) is 2.30. The zero-order valence-corrected chi connectivity index (χ0v) is 9.11. The topological polar surface area (TPSA) is 80.9 Å². The maximum absolute atomic E-state index is 13.4. The fourth-order valence-corrected chi connectivity index (χ4v) is 1.49. The number of hydrogen-bond donors (Lipinski definition) is 2. The molecule has 0 spiro atoms. The maximum atomic E-state index is 13.4. The summed E-state index contributed by atoms with van der Waals surface area (Å²) in [5.74, 6) is -1.26. The van der Waals surface area contributed by atoms with Gasteiger partial charge in [0.25, 0.3) is 5.56 Å². The van der Waals surface area contributed by atoms with Crippen LogP contribution >= 0.6 is 0 Å². The molecule has 0 aliphatic carbocycles. The molecule has 0 unspecified atom stereocenters. The van der Waals surface area contributed by atoms with E-state index in [1.54, 1.807) is 0 Å². The smallest absolute Gasteiger partial charge is 0.328 e. The highest BCUT2D eigenvalue weighted by Crippen LogP contribution is 2.10. The number of hydrogen-bond acceptors (Lipinski definition) is 3. The van der Waals surface area contributed by atoms with Crippen LogP contribution in [-0.2, 0) is 6.54 Å². The van der Waals surface area contributed by atoms with Gasteiger partial charge in [-0.2, -0.15) is 0 Å². The second-order valence-electron chi connectivity index (χ2n) is 3.71. The van der Waals surface area contributed by atoms with Gasteiger partial charge in [0, 0.05) is 11.8 Å². The maximum Gasteiger partial charge on any atom is 0.328 e. The summed E-state index contributed by atoms with van der Waals surface area (Å²) >= 11 is 0. The summed E-state index contributed by atoms with van der Waals surface area (Å²) in [5, 5.41) is 0. The molecule has 5 nitrogen and oxygen atoms in total. The normalized spacial score (nSPS) is 10.6. The lowest BCUT2D eigenvalue weighted by Crippen LogP contribution is -2.31. The van der Waals surface area contributed by atoms with E-state index in [1.807, 2.05) is 4.98 Å². The minimum Gasteiger partial charge on any atom is -0.393 e. The molecule has 2 rings (SSSR count). The molecule has 1 aromatic carbocycles. The monoisotopic (exact) mass is 253 g/mol. The lowest BCUT2D eigenvalue weighted by Gasteiger charge is -2.07. The van der Waals surface area contributed by atoms with Crippen LogP contribution in [0.3, 0.4) is 0 Å². The van der Waals surface area contributed by atoms with Crippen molar-refractivity contribution in [1.82, 2.24) is 9.55 Å². The number of anilines is 1. The number of nitrogen functional groups attached to an aromatic ring is 1. The predicted molar refractivity (Wildman–Crippen MR) is 61.2 cm³/mol. The summed E-state index contributed by atoms with van der Waals surface area (Å²) in [6.45, 7) is -0.219. The van der Waals surface area contributed by atoms with E-state index in [2.05, 4.69) is 0 Å². The van der Waals surface area contributed by atoms with Gasteiger partial charge in [0.05, 0.1) is 6.54 Å². The quantitative estimate of drug-likeness (QED) is 0.815. The molecule has 0 aliphatic rings. The number of nitrogens with two attached hydrogens (primary N) is 1. The van der Waals surface area contributed by atoms with Crippen LogP contribution < -0.4 is 17.0 Å². The van der Waals surface area contributed by atoms with Gasteiger partial charge in [0.1, 0.15) is 17.3 Å². The third-order valence-electron chi connectivity index (χ3n) is 2.39. The van der Waals surface area contributed by atoms with E-state index in [-0.39, 0.29) is 17.8 Å². The van der Waals surface area contributed by atoms with Gasteiger partial charge < -0.3 is 5.73 Å². The molecule has 94 valence electrons. The van der Waals surface area contributed by atoms with Crippen molar-refractivity contribution in [3.63, 3.8) is 0 Å². The van der Waals surface area contributed by atoms with Crippen molar-refractivity contribution in [3.8, 4) is 0 Å². The molecular weight excluding hydrogens is 244 g/mol. The molecule has 0 aliphatic heterocycles. The Labute approximate surface area is 99.5 Å². The number of H-pyrrole nitrogens is 1. The first-order chi connectivity index (χ1) is 8.47. The third kappa shape index (κ3) is 2.29. The number of nitrogens with zero attached hydrogens (tertiary/aromatic N) is 1. The van der Waals surface area contributed by atoms with Gasteiger partial charge in [-0.1, -0.05) is 0 Å². The molecule has 7 heteroatoms. The van der Waals surface area contributed by atoms with E-state index in [0.29, 0.717) is 0 Å². The van der Waals surface area contributed by atoms with Gasteiger partial charge in [0.15, 0.2) is 0 Å². The van der Waals surface area contributed by atoms with Crippen molar-refractivity contribution in [1.29, 1.82) is 0 Å². The molecule has 0 fully saturated rings. The van der Waals surface area contributed by atoms with Crippen LogP contribution in [0.15, 0.2) is 34.0 Å². The fraction of sp³-hybridized carbons (Fsp3) is 0.0909. The van der Waals surface area contributed by atoms with E-state index in [9.17, 15) is 18.4 Å². The average molecular weight is 253 g/mol. The van der Waals surface area contributed by atoms with Crippen LogP contribution in [-0.4, -0.2) is 9.55 Å². The SMILES string of the molecule is Nc1cn(Cc2cc(F)ccc2F)c(=O)[nH]c1=O. The molecule has 0 radical (unpaired) electrons. The number of rotatable bonds is 2. The predicted octanol–water partition coefficient (Wildman–Crippen LogP) is 0.445. The summed E-state index contributed by atoms with van der Waals surface area (Å²) in [5.41, 5.74) is 3.70. The second-order valence-corrected chi connectivity index (χ2v) is 3.71. The molecule has 2 aromatic rings. The summed E-state index contributed by atoms with van der Waals surface area (Å²) in [6.07, 6.45) is 1.09. The van der Waals surface area contributed by atoms with E-state index in [4.69, 9.17) is 5.73 Å². The van der Waals surface area contributed by atoms with Crippen LogP contribution in [0.1, 0.15) is 5.56 Å². The molecule has 3 N–H and O–H groups in total. The summed E-state index contributed by atoms with van der Waals surface area (Å²) < 4.78 is 27.3.